The Bertz CT molecular complexity index is 637. The van der Waals surface area contributed by atoms with Gasteiger partial charge in [-0.05, 0) is 31.0 Å². The summed E-state index contributed by atoms with van der Waals surface area (Å²) in [6, 6.07) is 6.87. The molecule has 23 heavy (non-hydrogen) atoms. The predicted molar refractivity (Wildman–Crippen MR) is 86.0 cm³/mol. The third-order valence-corrected chi connectivity index (χ3v) is 4.66. The summed E-state index contributed by atoms with van der Waals surface area (Å²) in [6.07, 6.45) is 1.92. The van der Waals surface area contributed by atoms with Crippen LogP contribution in [-0.2, 0) is 14.4 Å². The Morgan fingerprint density at radius 2 is 1.87 bits per heavy atom. The number of benzene rings is 1. The molecule has 3 rings (SSSR count). The summed E-state index contributed by atoms with van der Waals surface area (Å²) in [5, 5.41) is 3.32. The van der Waals surface area contributed by atoms with Gasteiger partial charge in [-0.15, -0.1) is 0 Å². The fourth-order valence-electron chi connectivity index (χ4n) is 2.81. The lowest BCUT2D eigenvalue weighted by Gasteiger charge is -2.34. The number of halogens is 1. The highest BCUT2D eigenvalue weighted by molar-refractivity contribution is 6.31. The molecule has 6 nitrogen and oxygen atoms in total. The van der Waals surface area contributed by atoms with Crippen molar-refractivity contribution < 1.29 is 14.4 Å². The van der Waals surface area contributed by atoms with Crippen molar-refractivity contribution >= 4 is 35.5 Å². The monoisotopic (exact) mass is 335 g/mol. The topological polar surface area (TPSA) is 69.7 Å². The number of carbonyl (C=O) groups excluding carboxylic acids is 3. The van der Waals surface area contributed by atoms with Crippen molar-refractivity contribution in [2.45, 2.75) is 12.8 Å². The van der Waals surface area contributed by atoms with Crippen molar-refractivity contribution in [1.29, 1.82) is 0 Å². The van der Waals surface area contributed by atoms with Gasteiger partial charge in [0.05, 0.1) is 0 Å². The first-order valence-corrected chi connectivity index (χ1v) is 7.99. The largest absolute Gasteiger partial charge is 0.342 e. The molecular formula is C16H18ClN3O3. The molecule has 0 bridgehead atoms. The number of piperazine rings is 1. The number of carbonyl (C=O) groups is 3. The average molecular weight is 336 g/mol. The Morgan fingerprint density at radius 3 is 2.43 bits per heavy atom. The summed E-state index contributed by atoms with van der Waals surface area (Å²) >= 11 is 5.91. The molecule has 122 valence electrons. The zero-order chi connectivity index (χ0) is 16.4. The zero-order valence-electron chi connectivity index (χ0n) is 12.6. The quantitative estimate of drug-likeness (QED) is 0.667. The van der Waals surface area contributed by atoms with Crippen LogP contribution in [0.3, 0.4) is 0 Å². The highest BCUT2D eigenvalue weighted by Crippen LogP contribution is 2.48. The van der Waals surface area contributed by atoms with Crippen LogP contribution in [0, 0.1) is 5.41 Å². The van der Waals surface area contributed by atoms with Crippen molar-refractivity contribution in [1.82, 2.24) is 9.80 Å². The lowest BCUT2D eigenvalue weighted by Crippen LogP contribution is -2.52. The molecule has 1 saturated heterocycles. The van der Waals surface area contributed by atoms with Gasteiger partial charge in [-0.25, -0.2) is 0 Å². The van der Waals surface area contributed by atoms with Crippen molar-refractivity contribution in [2.24, 2.45) is 5.41 Å². The van der Waals surface area contributed by atoms with Crippen LogP contribution in [0.1, 0.15) is 12.8 Å². The van der Waals surface area contributed by atoms with E-state index < -0.39 is 5.41 Å². The summed E-state index contributed by atoms with van der Waals surface area (Å²) < 4.78 is 0. The number of amides is 3. The molecule has 0 atom stereocenters. The van der Waals surface area contributed by atoms with Gasteiger partial charge in [0.15, 0.2) is 0 Å². The first kappa shape index (κ1) is 15.8. The van der Waals surface area contributed by atoms with Gasteiger partial charge in [0, 0.05) is 36.9 Å². The first-order chi connectivity index (χ1) is 11.0. The maximum Gasteiger partial charge on any atom is 0.240 e. The van der Waals surface area contributed by atoms with Gasteiger partial charge >= 0.3 is 0 Å². The number of rotatable bonds is 4. The Morgan fingerprint density at radius 1 is 1.17 bits per heavy atom. The highest BCUT2D eigenvalue weighted by Gasteiger charge is 2.58. The Hall–Kier alpha value is -2.08. The standard InChI is InChI=1S/C16H18ClN3O3/c17-12-2-1-3-13(10-12)18-14(22)16(4-5-16)15(23)20-8-6-19(11-21)7-9-20/h1-3,10-11H,4-9H2,(H,18,22). The molecule has 2 aliphatic rings. The SMILES string of the molecule is O=CN1CCN(C(=O)C2(C(=O)Nc3cccc(Cl)c3)CC2)CC1. The molecule has 2 fully saturated rings. The summed E-state index contributed by atoms with van der Waals surface area (Å²) in [4.78, 5) is 39.3. The minimum absolute atomic E-state index is 0.137. The van der Waals surface area contributed by atoms with Crippen LogP contribution in [0.4, 0.5) is 5.69 Å². The predicted octanol–water partition coefficient (Wildman–Crippen LogP) is 1.36. The van der Waals surface area contributed by atoms with Crippen molar-refractivity contribution in [3.8, 4) is 0 Å². The lowest BCUT2D eigenvalue weighted by molar-refractivity contribution is -0.144. The van der Waals surface area contributed by atoms with E-state index in [0.717, 1.165) is 6.41 Å². The lowest BCUT2D eigenvalue weighted by atomic mass is 10.0. The van der Waals surface area contributed by atoms with Crippen LogP contribution in [0.5, 0.6) is 0 Å². The van der Waals surface area contributed by atoms with E-state index in [9.17, 15) is 14.4 Å². The van der Waals surface area contributed by atoms with Gasteiger partial charge in [0.2, 0.25) is 18.2 Å². The third kappa shape index (κ3) is 3.17. The molecule has 3 amide bonds. The molecule has 0 unspecified atom stereocenters. The Labute approximate surface area is 139 Å². The van der Waals surface area contributed by atoms with Crippen molar-refractivity contribution in [2.75, 3.05) is 31.5 Å². The molecule has 1 aliphatic carbocycles. The van der Waals surface area contributed by atoms with E-state index in [2.05, 4.69) is 5.32 Å². The van der Waals surface area contributed by atoms with E-state index in [1.165, 1.54) is 0 Å². The number of anilines is 1. The number of hydrogen-bond acceptors (Lipinski definition) is 3. The molecular weight excluding hydrogens is 318 g/mol. The normalized spacial score (nSPS) is 19.2. The van der Waals surface area contributed by atoms with Gasteiger partial charge in [-0.3, -0.25) is 14.4 Å². The highest BCUT2D eigenvalue weighted by atomic mass is 35.5. The second kappa shape index (κ2) is 6.20. The maximum absolute atomic E-state index is 12.7. The molecule has 1 aliphatic heterocycles. The molecule has 0 radical (unpaired) electrons. The first-order valence-electron chi connectivity index (χ1n) is 7.61. The van der Waals surface area contributed by atoms with Gasteiger partial charge in [-0.2, -0.15) is 0 Å². The fraction of sp³-hybridized carbons (Fsp3) is 0.438. The Kier molecular flexibility index (Phi) is 4.26. The zero-order valence-corrected chi connectivity index (χ0v) is 13.4. The maximum atomic E-state index is 12.7. The minimum Gasteiger partial charge on any atom is -0.342 e. The summed E-state index contributed by atoms with van der Waals surface area (Å²) in [5.74, 6) is -0.412. The fourth-order valence-corrected chi connectivity index (χ4v) is 3.00. The average Bonchev–Trinajstić information content (AvgIpc) is 3.36. The van der Waals surface area contributed by atoms with Crippen LogP contribution in [-0.4, -0.2) is 54.2 Å². The molecule has 1 heterocycles. The summed E-state index contributed by atoms with van der Waals surface area (Å²) in [6.45, 7) is 1.98. The Balaban J connectivity index is 1.65. The van der Waals surface area contributed by atoms with Crippen LogP contribution >= 0.6 is 11.6 Å². The summed E-state index contributed by atoms with van der Waals surface area (Å²) in [5.41, 5.74) is -0.363. The molecule has 1 saturated carbocycles. The van der Waals surface area contributed by atoms with Gasteiger partial charge in [0.25, 0.3) is 0 Å². The number of hydrogen-bond donors (Lipinski definition) is 1. The van der Waals surface area contributed by atoms with E-state index in [1.807, 2.05) is 0 Å². The second-order valence-corrected chi connectivity index (χ2v) is 6.42. The van der Waals surface area contributed by atoms with E-state index in [1.54, 1.807) is 34.1 Å². The van der Waals surface area contributed by atoms with Crippen LogP contribution in [0.2, 0.25) is 5.02 Å². The van der Waals surface area contributed by atoms with Crippen molar-refractivity contribution in [3.05, 3.63) is 29.3 Å². The number of nitrogens with one attached hydrogen (secondary N) is 1. The van der Waals surface area contributed by atoms with E-state index in [0.29, 0.717) is 49.7 Å². The summed E-state index contributed by atoms with van der Waals surface area (Å²) in [7, 11) is 0. The van der Waals surface area contributed by atoms with Gasteiger partial charge in [-0.1, -0.05) is 17.7 Å². The molecule has 0 spiro atoms. The van der Waals surface area contributed by atoms with Gasteiger partial charge in [0.1, 0.15) is 5.41 Å². The smallest absolute Gasteiger partial charge is 0.240 e. The minimum atomic E-state index is -0.953. The molecule has 1 N–H and O–H groups in total. The second-order valence-electron chi connectivity index (χ2n) is 5.98. The van der Waals surface area contributed by atoms with Crippen LogP contribution in [0.15, 0.2) is 24.3 Å². The van der Waals surface area contributed by atoms with Crippen LogP contribution in [0.25, 0.3) is 0 Å². The van der Waals surface area contributed by atoms with E-state index >= 15 is 0 Å². The molecule has 0 aromatic heterocycles. The third-order valence-electron chi connectivity index (χ3n) is 4.43. The van der Waals surface area contributed by atoms with Crippen molar-refractivity contribution in [3.63, 3.8) is 0 Å². The van der Waals surface area contributed by atoms with Gasteiger partial charge < -0.3 is 15.1 Å². The molecule has 1 aromatic rings. The van der Waals surface area contributed by atoms with Crippen LogP contribution < -0.4 is 5.32 Å². The van der Waals surface area contributed by atoms with E-state index in [4.69, 9.17) is 11.6 Å². The number of nitrogens with zero attached hydrogens (tertiary/aromatic N) is 2. The van der Waals surface area contributed by atoms with E-state index in [-0.39, 0.29) is 11.8 Å². The molecule has 7 heteroatoms. The molecule has 1 aromatic carbocycles.